The number of unbranched alkanes of at least 4 members (excludes halogenated alkanes) is 1. The van der Waals surface area contributed by atoms with Crippen LogP contribution in [0.5, 0.6) is 0 Å². The average Bonchev–Trinajstić information content (AvgIpc) is 2.54. The molecule has 148 valence electrons. The monoisotopic (exact) mass is 374 g/mol. The molecule has 1 aliphatic heterocycles. The largest absolute Gasteiger partial charge is 0.456 e. The SMILES string of the molecule is C=CCCCO[C@@H]1O[C@H](CO)[C@@H](OC(C)=O)[C@H](OC(C)=O)[C@H]1OC(C)=O. The molecule has 0 amide bonds. The highest BCUT2D eigenvalue weighted by molar-refractivity contribution is 5.68. The van der Waals surface area contributed by atoms with Gasteiger partial charge in [0.1, 0.15) is 6.10 Å². The Kier molecular flexibility index (Phi) is 9.25. The summed E-state index contributed by atoms with van der Waals surface area (Å²) in [7, 11) is 0. The van der Waals surface area contributed by atoms with Crippen LogP contribution in [0.2, 0.25) is 0 Å². The molecule has 1 fully saturated rings. The van der Waals surface area contributed by atoms with Crippen molar-refractivity contribution in [3.05, 3.63) is 12.7 Å². The van der Waals surface area contributed by atoms with Crippen molar-refractivity contribution in [1.29, 1.82) is 0 Å². The summed E-state index contributed by atoms with van der Waals surface area (Å²) in [5.74, 6) is -1.99. The van der Waals surface area contributed by atoms with Crippen molar-refractivity contribution < 1.29 is 43.2 Å². The number of rotatable bonds is 9. The Hall–Kier alpha value is -1.97. The maximum Gasteiger partial charge on any atom is 0.303 e. The third kappa shape index (κ3) is 6.74. The smallest absolute Gasteiger partial charge is 0.303 e. The van der Waals surface area contributed by atoms with Crippen molar-refractivity contribution in [3.8, 4) is 0 Å². The first kappa shape index (κ1) is 22.1. The number of aliphatic hydroxyl groups is 1. The third-order valence-electron chi connectivity index (χ3n) is 3.51. The number of hydrogen-bond donors (Lipinski definition) is 1. The van der Waals surface area contributed by atoms with E-state index in [2.05, 4.69) is 6.58 Å². The molecule has 26 heavy (non-hydrogen) atoms. The van der Waals surface area contributed by atoms with Gasteiger partial charge in [-0.1, -0.05) is 6.08 Å². The van der Waals surface area contributed by atoms with E-state index in [1.807, 2.05) is 0 Å². The summed E-state index contributed by atoms with van der Waals surface area (Å²) in [5.41, 5.74) is 0. The molecule has 0 unspecified atom stereocenters. The van der Waals surface area contributed by atoms with Crippen LogP contribution in [0.3, 0.4) is 0 Å². The lowest BCUT2D eigenvalue weighted by atomic mass is 9.98. The fourth-order valence-electron chi connectivity index (χ4n) is 2.56. The predicted molar refractivity (Wildman–Crippen MR) is 87.8 cm³/mol. The molecule has 9 heteroatoms. The molecule has 0 aliphatic carbocycles. The highest BCUT2D eigenvalue weighted by Crippen LogP contribution is 2.29. The minimum Gasteiger partial charge on any atom is -0.456 e. The van der Waals surface area contributed by atoms with Crippen molar-refractivity contribution in [3.63, 3.8) is 0 Å². The summed E-state index contributed by atoms with van der Waals surface area (Å²) in [6.07, 6.45) is -2.54. The lowest BCUT2D eigenvalue weighted by molar-refractivity contribution is -0.307. The Labute approximate surface area is 152 Å². The van der Waals surface area contributed by atoms with E-state index in [1.165, 1.54) is 13.8 Å². The Morgan fingerprint density at radius 2 is 1.54 bits per heavy atom. The molecule has 1 saturated heterocycles. The fourth-order valence-corrected chi connectivity index (χ4v) is 2.56. The van der Waals surface area contributed by atoms with Gasteiger partial charge in [-0.05, 0) is 12.8 Å². The molecular weight excluding hydrogens is 348 g/mol. The zero-order valence-corrected chi connectivity index (χ0v) is 15.2. The summed E-state index contributed by atoms with van der Waals surface area (Å²) in [6, 6.07) is 0. The fraction of sp³-hybridized carbons (Fsp3) is 0.706. The Morgan fingerprint density at radius 1 is 1.00 bits per heavy atom. The van der Waals surface area contributed by atoms with Crippen LogP contribution in [0.15, 0.2) is 12.7 Å². The molecule has 0 aromatic heterocycles. The predicted octanol–water partition coefficient (Wildman–Crippen LogP) is 0.481. The summed E-state index contributed by atoms with van der Waals surface area (Å²) in [4.78, 5) is 34.4. The van der Waals surface area contributed by atoms with Crippen LogP contribution in [0, 0.1) is 0 Å². The normalized spacial score (nSPS) is 28.1. The number of carbonyl (C=O) groups is 3. The van der Waals surface area contributed by atoms with Gasteiger partial charge in [0, 0.05) is 20.8 Å². The van der Waals surface area contributed by atoms with Crippen LogP contribution in [0.4, 0.5) is 0 Å². The summed E-state index contributed by atoms with van der Waals surface area (Å²) < 4.78 is 26.8. The molecule has 0 radical (unpaired) electrons. The number of ether oxygens (including phenoxy) is 5. The molecule has 0 bridgehead atoms. The lowest BCUT2D eigenvalue weighted by Gasteiger charge is -2.43. The van der Waals surface area contributed by atoms with Crippen molar-refractivity contribution in [2.75, 3.05) is 13.2 Å². The van der Waals surface area contributed by atoms with Crippen LogP contribution < -0.4 is 0 Å². The molecule has 0 spiro atoms. The van der Waals surface area contributed by atoms with Gasteiger partial charge in [0.25, 0.3) is 0 Å². The van der Waals surface area contributed by atoms with E-state index >= 15 is 0 Å². The van der Waals surface area contributed by atoms with Crippen LogP contribution in [-0.4, -0.2) is 66.9 Å². The quantitative estimate of drug-likeness (QED) is 0.266. The van der Waals surface area contributed by atoms with Gasteiger partial charge in [0.05, 0.1) is 13.2 Å². The van der Waals surface area contributed by atoms with Crippen molar-refractivity contribution in [1.82, 2.24) is 0 Å². The molecule has 1 aliphatic rings. The molecular formula is C17H26O9. The summed E-state index contributed by atoms with van der Waals surface area (Å²) in [5, 5.41) is 9.59. The van der Waals surface area contributed by atoms with Gasteiger partial charge in [-0.3, -0.25) is 14.4 Å². The highest BCUT2D eigenvalue weighted by atomic mass is 16.7. The molecule has 0 aromatic carbocycles. The number of hydrogen-bond acceptors (Lipinski definition) is 9. The van der Waals surface area contributed by atoms with Crippen molar-refractivity contribution in [2.24, 2.45) is 0 Å². The second-order valence-electron chi connectivity index (χ2n) is 5.75. The molecule has 1 heterocycles. The van der Waals surface area contributed by atoms with Gasteiger partial charge in [-0.2, -0.15) is 0 Å². The Morgan fingerprint density at radius 3 is 2.04 bits per heavy atom. The second-order valence-corrected chi connectivity index (χ2v) is 5.75. The highest BCUT2D eigenvalue weighted by Gasteiger charge is 2.52. The maximum absolute atomic E-state index is 11.5. The minimum atomic E-state index is -1.18. The Bertz CT molecular complexity index is 504. The first-order chi connectivity index (χ1) is 12.3. The van der Waals surface area contributed by atoms with Gasteiger partial charge in [0.2, 0.25) is 0 Å². The number of carbonyl (C=O) groups excluding carboxylic acids is 3. The Balaban J connectivity index is 3.08. The molecule has 9 nitrogen and oxygen atoms in total. The molecule has 0 aromatic rings. The molecule has 1 rings (SSSR count). The third-order valence-corrected chi connectivity index (χ3v) is 3.51. The molecule has 5 atom stereocenters. The molecule has 0 saturated carbocycles. The zero-order chi connectivity index (χ0) is 19.7. The summed E-state index contributed by atoms with van der Waals surface area (Å²) in [6.45, 7) is 6.86. The van der Waals surface area contributed by atoms with E-state index in [0.717, 1.165) is 6.92 Å². The number of aliphatic hydroxyl groups excluding tert-OH is 1. The van der Waals surface area contributed by atoms with E-state index in [9.17, 15) is 19.5 Å². The van der Waals surface area contributed by atoms with E-state index < -0.39 is 55.2 Å². The lowest BCUT2D eigenvalue weighted by Crippen LogP contribution is -2.62. The summed E-state index contributed by atoms with van der Waals surface area (Å²) >= 11 is 0. The van der Waals surface area contributed by atoms with Crippen molar-refractivity contribution in [2.45, 2.75) is 64.3 Å². The van der Waals surface area contributed by atoms with Gasteiger partial charge >= 0.3 is 17.9 Å². The standard InChI is InChI=1S/C17H26O9/c1-5-6-7-8-22-17-16(25-12(4)21)15(24-11(3)20)14(23-10(2)19)13(9-18)26-17/h5,13-18H,1,6-9H2,2-4H3/t13-,14-,15+,16-,17-/m1/s1. The van der Waals surface area contributed by atoms with Gasteiger partial charge in [-0.25, -0.2) is 0 Å². The number of allylic oxidation sites excluding steroid dienone is 1. The first-order valence-electron chi connectivity index (χ1n) is 8.30. The van der Waals surface area contributed by atoms with E-state index in [0.29, 0.717) is 12.8 Å². The van der Waals surface area contributed by atoms with Crippen LogP contribution in [-0.2, 0) is 38.1 Å². The van der Waals surface area contributed by atoms with Crippen LogP contribution in [0.25, 0.3) is 0 Å². The van der Waals surface area contributed by atoms with Gasteiger partial charge in [0.15, 0.2) is 24.6 Å². The first-order valence-corrected chi connectivity index (χ1v) is 8.30. The average molecular weight is 374 g/mol. The minimum absolute atomic E-state index is 0.262. The topological polar surface area (TPSA) is 118 Å². The second kappa shape index (κ2) is 10.9. The van der Waals surface area contributed by atoms with E-state index in [4.69, 9.17) is 23.7 Å². The molecule has 1 N–H and O–H groups in total. The van der Waals surface area contributed by atoms with Crippen LogP contribution in [0.1, 0.15) is 33.6 Å². The van der Waals surface area contributed by atoms with Crippen molar-refractivity contribution >= 4 is 17.9 Å². The van der Waals surface area contributed by atoms with E-state index in [1.54, 1.807) is 6.08 Å². The van der Waals surface area contributed by atoms with Gasteiger partial charge < -0.3 is 28.8 Å². The van der Waals surface area contributed by atoms with Gasteiger partial charge in [-0.15, -0.1) is 6.58 Å². The van der Waals surface area contributed by atoms with Crippen LogP contribution >= 0.6 is 0 Å². The number of esters is 3. The van der Waals surface area contributed by atoms with E-state index in [-0.39, 0.29) is 6.61 Å². The zero-order valence-electron chi connectivity index (χ0n) is 15.2. The maximum atomic E-state index is 11.5.